The van der Waals surface area contributed by atoms with Gasteiger partial charge in [-0.1, -0.05) is 36.0 Å². The van der Waals surface area contributed by atoms with Crippen molar-refractivity contribution in [1.29, 1.82) is 0 Å². The second-order valence-electron chi connectivity index (χ2n) is 8.03. The molecule has 0 saturated heterocycles. The smallest absolute Gasteiger partial charge is 0.258 e. The van der Waals surface area contributed by atoms with E-state index in [2.05, 4.69) is 10.6 Å². The lowest BCUT2D eigenvalue weighted by atomic mass is 9.90. The van der Waals surface area contributed by atoms with E-state index in [4.69, 9.17) is 32.7 Å². The number of aryl methyl sites for hydroxylation is 2. The topological polar surface area (TPSA) is 76.7 Å². The Balaban J connectivity index is 1.47. The van der Waals surface area contributed by atoms with Crippen LogP contribution < -0.4 is 20.1 Å². The minimum absolute atomic E-state index is 0.0999. The largest absolute Gasteiger partial charge is 0.484 e. The third-order valence-corrected chi connectivity index (χ3v) is 6.31. The first kappa shape index (κ1) is 24.2. The molecule has 32 heavy (non-hydrogen) atoms. The summed E-state index contributed by atoms with van der Waals surface area (Å²) in [5.41, 5.74) is 1.77. The summed E-state index contributed by atoms with van der Waals surface area (Å²) in [7, 11) is 0. The molecule has 2 N–H and O–H groups in total. The molecule has 6 nitrogen and oxygen atoms in total. The molecule has 2 unspecified atom stereocenters. The van der Waals surface area contributed by atoms with E-state index >= 15 is 0 Å². The quantitative estimate of drug-likeness (QED) is 0.580. The number of benzene rings is 2. The number of ether oxygens (including phenoxy) is 2. The summed E-state index contributed by atoms with van der Waals surface area (Å²) < 4.78 is 11.2. The standard InChI is InChI=1S/C24H28Cl2N2O4/c1-15-11-17(7-9-19(15)25)31-13-23(29)27-21-5-3-4-6-22(21)28-24(30)14-32-18-8-10-20(26)16(2)12-18/h7-12,21-22H,3-6,13-14H2,1-2H3,(H,27,29)(H,28,30). The van der Waals surface area contributed by atoms with Crippen LogP contribution in [0.3, 0.4) is 0 Å². The Kier molecular flexibility index (Phi) is 8.65. The van der Waals surface area contributed by atoms with Crippen LogP contribution in [0.25, 0.3) is 0 Å². The zero-order valence-electron chi connectivity index (χ0n) is 18.3. The van der Waals surface area contributed by atoms with Crippen LogP contribution >= 0.6 is 23.2 Å². The second-order valence-corrected chi connectivity index (χ2v) is 8.85. The zero-order chi connectivity index (χ0) is 23.1. The van der Waals surface area contributed by atoms with Crippen molar-refractivity contribution in [3.63, 3.8) is 0 Å². The number of carbonyl (C=O) groups excluding carboxylic acids is 2. The van der Waals surface area contributed by atoms with Gasteiger partial charge in [0.2, 0.25) is 0 Å². The van der Waals surface area contributed by atoms with Gasteiger partial charge in [-0.3, -0.25) is 9.59 Å². The lowest BCUT2D eigenvalue weighted by molar-refractivity contribution is -0.127. The van der Waals surface area contributed by atoms with Gasteiger partial charge in [-0.2, -0.15) is 0 Å². The number of hydrogen-bond acceptors (Lipinski definition) is 4. The first-order chi connectivity index (χ1) is 15.3. The SMILES string of the molecule is Cc1cc(OCC(=O)NC2CCCCC2NC(=O)COc2ccc(Cl)c(C)c2)ccc1Cl. The Labute approximate surface area is 198 Å². The van der Waals surface area contributed by atoms with Gasteiger partial charge in [0.15, 0.2) is 13.2 Å². The molecule has 1 aliphatic rings. The number of halogens is 2. The average Bonchev–Trinajstić information content (AvgIpc) is 2.77. The van der Waals surface area contributed by atoms with Gasteiger partial charge in [0.1, 0.15) is 11.5 Å². The van der Waals surface area contributed by atoms with Gasteiger partial charge in [-0.15, -0.1) is 0 Å². The number of nitrogens with one attached hydrogen (secondary N) is 2. The van der Waals surface area contributed by atoms with Crippen molar-refractivity contribution in [3.8, 4) is 11.5 Å². The Morgan fingerprint density at radius 3 is 1.59 bits per heavy atom. The molecule has 0 bridgehead atoms. The van der Waals surface area contributed by atoms with E-state index in [1.165, 1.54) is 0 Å². The molecule has 1 fully saturated rings. The molecule has 8 heteroatoms. The highest BCUT2D eigenvalue weighted by Crippen LogP contribution is 2.22. The second kappa shape index (κ2) is 11.4. The molecular formula is C24H28Cl2N2O4. The molecule has 0 aromatic heterocycles. The molecule has 2 amide bonds. The highest BCUT2D eigenvalue weighted by atomic mass is 35.5. The fourth-order valence-electron chi connectivity index (χ4n) is 3.68. The summed E-state index contributed by atoms with van der Waals surface area (Å²) in [6.07, 6.45) is 3.59. The number of hydrogen-bond donors (Lipinski definition) is 2. The van der Waals surface area contributed by atoms with Crippen LogP contribution in [0.1, 0.15) is 36.8 Å². The predicted octanol–water partition coefficient (Wildman–Crippen LogP) is 4.61. The highest BCUT2D eigenvalue weighted by Gasteiger charge is 2.28. The minimum atomic E-state index is -0.225. The van der Waals surface area contributed by atoms with Crippen LogP contribution in [-0.4, -0.2) is 37.1 Å². The van der Waals surface area contributed by atoms with Crippen molar-refractivity contribution in [2.45, 2.75) is 51.6 Å². The third kappa shape index (κ3) is 7.04. The van der Waals surface area contributed by atoms with E-state index in [1.54, 1.807) is 36.4 Å². The molecular weight excluding hydrogens is 451 g/mol. The maximum Gasteiger partial charge on any atom is 0.258 e. The molecule has 2 atom stereocenters. The van der Waals surface area contributed by atoms with Crippen molar-refractivity contribution in [3.05, 3.63) is 57.6 Å². The van der Waals surface area contributed by atoms with Crippen LogP contribution in [0.15, 0.2) is 36.4 Å². The summed E-state index contributed by atoms with van der Waals surface area (Å²) in [5, 5.41) is 7.30. The molecule has 1 aliphatic carbocycles. The van der Waals surface area contributed by atoms with Gasteiger partial charge in [-0.05, 0) is 74.2 Å². The van der Waals surface area contributed by atoms with E-state index in [0.717, 1.165) is 36.8 Å². The summed E-state index contributed by atoms with van der Waals surface area (Å²) in [5.74, 6) is 0.726. The number of carbonyl (C=O) groups is 2. The first-order valence-electron chi connectivity index (χ1n) is 10.7. The minimum Gasteiger partial charge on any atom is -0.484 e. The van der Waals surface area contributed by atoms with Crippen molar-refractivity contribution in [2.24, 2.45) is 0 Å². The summed E-state index contributed by atoms with van der Waals surface area (Å²) in [4.78, 5) is 24.9. The van der Waals surface area contributed by atoms with Crippen LogP contribution in [0, 0.1) is 13.8 Å². The molecule has 0 spiro atoms. The molecule has 0 aliphatic heterocycles. The lowest BCUT2D eigenvalue weighted by Gasteiger charge is -2.32. The first-order valence-corrected chi connectivity index (χ1v) is 11.4. The normalized spacial score (nSPS) is 18.0. The van der Waals surface area contributed by atoms with Crippen LogP contribution in [0.5, 0.6) is 11.5 Å². The molecule has 2 aromatic rings. The van der Waals surface area contributed by atoms with Crippen molar-refractivity contribution >= 4 is 35.0 Å². The summed E-state index contributed by atoms with van der Waals surface area (Å²) in [6, 6.07) is 10.2. The third-order valence-electron chi connectivity index (χ3n) is 5.46. The molecule has 0 heterocycles. The fourth-order valence-corrected chi connectivity index (χ4v) is 3.92. The Morgan fingerprint density at radius 2 is 1.22 bits per heavy atom. The number of rotatable bonds is 8. The Morgan fingerprint density at radius 1 is 0.812 bits per heavy atom. The molecule has 1 saturated carbocycles. The lowest BCUT2D eigenvalue weighted by Crippen LogP contribution is -2.54. The monoisotopic (exact) mass is 478 g/mol. The maximum atomic E-state index is 12.4. The van der Waals surface area contributed by atoms with Gasteiger partial charge in [0.05, 0.1) is 0 Å². The van der Waals surface area contributed by atoms with Crippen molar-refractivity contribution in [1.82, 2.24) is 10.6 Å². The van der Waals surface area contributed by atoms with E-state index in [-0.39, 0.29) is 37.1 Å². The average molecular weight is 479 g/mol. The molecule has 3 rings (SSSR count). The summed E-state index contributed by atoms with van der Waals surface area (Å²) in [6.45, 7) is 3.55. The fraction of sp³-hybridized carbons (Fsp3) is 0.417. The zero-order valence-corrected chi connectivity index (χ0v) is 19.8. The maximum absolute atomic E-state index is 12.4. The van der Waals surface area contributed by atoms with Gasteiger partial charge in [0, 0.05) is 22.1 Å². The van der Waals surface area contributed by atoms with E-state index < -0.39 is 0 Å². The van der Waals surface area contributed by atoms with Crippen LogP contribution in [0.4, 0.5) is 0 Å². The Hall–Kier alpha value is -2.44. The van der Waals surface area contributed by atoms with Gasteiger partial charge in [-0.25, -0.2) is 0 Å². The van der Waals surface area contributed by atoms with E-state index in [1.807, 2.05) is 13.8 Å². The van der Waals surface area contributed by atoms with Gasteiger partial charge < -0.3 is 20.1 Å². The summed E-state index contributed by atoms with van der Waals surface area (Å²) >= 11 is 12.0. The van der Waals surface area contributed by atoms with Crippen LogP contribution in [-0.2, 0) is 9.59 Å². The Bertz CT molecular complexity index is 890. The molecule has 172 valence electrons. The van der Waals surface area contributed by atoms with Gasteiger partial charge in [0.25, 0.3) is 11.8 Å². The number of amides is 2. The van der Waals surface area contributed by atoms with Crippen LogP contribution in [0.2, 0.25) is 10.0 Å². The van der Waals surface area contributed by atoms with E-state index in [0.29, 0.717) is 21.5 Å². The molecule has 0 radical (unpaired) electrons. The van der Waals surface area contributed by atoms with Crippen molar-refractivity contribution in [2.75, 3.05) is 13.2 Å². The highest BCUT2D eigenvalue weighted by molar-refractivity contribution is 6.31. The predicted molar refractivity (Wildman–Crippen MR) is 126 cm³/mol. The molecule has 2 aromatic carbocycles. The van der Waals surface area contributed by atoms with E-state index in [9.17, 15) is 9.59 Å². The van der Waals surface area contributed by atoms with Crippen molar-refractivity contribution < 1.29 is 19.1 Å². The van der Waals surface area contributed by atoms with Gasteiger partial charge >= 0.3 is 0 Å².